The molecule has 128 valence electrons. The maximum Gasteiger partial charge on any atom is 0.315 e. The van der Waals surface area contributed by atoms with Gasteiger partial charge in [-0.2, -0.15) is 0 Å². The topological polar surface area (TPSA) is 50.4 Å². The summed E-state index contributed by atoms with van der Waals surface area (Å²) in [5.74, 6) is 0.780. The monoisotopic (exact) mass is 326 g/mol. The fraction of sp³-hybridized carbons (Fsp3) is 0.350. The van der Waals surface area contributed by atoms with Crippen molar-refractivity contribution in [3.05, 3.63) is 65.7 Å². The van der Waals surface area contributed by atoms with Gasteiger partial charge in [-0.15, -0.1) is 0 Å². The molecule has 0 fully saturated rings. The average Bonchev–Trinajstić information content (AvgIpc) is 2.60. The first-order valence-corrected chi connectivity index (χ1v) is 8.34. The highest BCUT2D eigenvalue weighted by atomic mass is 16.5. The molecule has 0 aliphatic heterocycles. The third kappa shape index (κ3) is 5.30. The predicted molar refractivity (Wildman–Crippen MR) is 97.3 cm³/mol. The molecular formula is C20H26N2O2. The fourth-order valence-corrected chi connectivity index (χ4v) is 2.66. The molecule has 0 saturated heterocycles. The Morgan fingerprint density at radius 3 is 2.38 bits per heavy atom. The van der Waals surface area contributed by atoms with E-state index in [9.17, 15) is 4.79 Å². The SMILES string of the molecule is COc1ccccc1[C@H](C)NC(=O)N[C@@H](C)CCc1ccccc1. The molecule has 4 nitrogen and oxygen atoms in total. The number of carbonyl (C=O) groups excluding carboxylic acids is 1. The van der Waals surface area contributed by atoms with E-state index >= 15 is 0 Å². The average molecular weight is 326 g/mol. The molecule has 0 aromatic heterocycles. The number of rotatable bonds is 7. The van der Waals surface area contributed by atoms with Crippen LogP contribution in [0.5, 0.6) is 5.75 Å². The molecule has 0 spiro atoms. The van der Waals surface area contributed by atoms with Crippen LogP contribution in [0.25, 0.3) is 0 Å². The van der Waals surface area contributed by atoms with Crippen LogP contribution in [0.15, 0.2) is 54.6 Å². The summed E-state index contributed by atoms with van der Waals surface area (Å²) >= 11 is 0. The minimum atomic E-state index is -0.158. The quantitative estimate of drug-likeness (QED) is 0.805. The zero-order chi connectivity index (χ0) is 17.4. The first kappa shape index (κ1) is 17.9. The number of methoxy groups -OCH3 is 1. The molecule has 2 N–H and O–H groups in total. The van der Waals surface area contributed by atoms with Crippen molar-refractivity contribution in [1.29, 1.82) is 0 Å². The van der Waals surface area contributed by atoms with Gasteiger partial charge in [-0.05, 0) is 38.3 Å². The molecule has 0 unspecified atom stereocenters. The van der Waals surface area contributed by atoms with Crippen LogP contribution in [0.3, 0.4) is 0 Å². The van der Waals surface area contributed by atoms with Gasteiger partial charge in [0.25, 0.3) is 0 Å². The highest BCUT2D eigenvalue weighted by Gasteiger charge is 2.14. The number of aryl methyl sites for hydroxylation is 1. The molecule has 0 heterocycles. The normalized spacial score (nSPS) is 13.0. The lowest BCUT2D eigenvalue weighted by molar-refractivity contribution is 0.234. The van der Waals surface area contributed by atoms with Crippen molar-refractivity contribution in [2.45, 2.75) is 38.8 Å². The zero-order valence-electron chi connectivity index (χ0n) is 14.6. The first-order valence-electron chi connectivity index (χ1n) is 8.34. The molecule has 0 radical (unpaired) electrons. The number of carbonyl (C=O) groups is 1. The van der Waals surface area contributed by atoms with Crippen molar-refractivity contribution in [3.8, 4) is 5.75 Å². The van der Waals surface area contributed by atoms with Crippen LogP contribution in [-0.4, -0.2) is 19.2 Å². The standard InChI is InChI=1S/C20H26N2O2/c1-15(13-14-17-9-5-4-6-10-17)21-20(23)22-16(2)18-11-7-8-12-19(18)24-3/h4-12,15-16H,13-14H2,1-3H3,(H2,21,22,23)/t15-,16-/m0/s1. The molecule has 0 bridgehead atoms. The molecule has 0 saturated carbocycles. The Bertz CT molecular complexity index is 643. The van der Waals surface area contributed by atoms with Gasteiger partial charge in [0.1, 0.15) is 5.75 Å². The molecule has 2 aromatic carbocycles. The number of ether oxygens (including phenoxy) is 1. The fourth-order valence-electron chi connectivity index (χ4n) is 2.66. The molecule has 2 atom stereocenters. The highest BCUT2D eigenvalue weighted by Crippen LogP contribution is 2.24. The van der Waals surface area contributed by atoms with E-state index in [0.717, 1.165) is 24.2 Å². The molecule has 24 heavy (non-hydrogen) atoms. The first-order chi connectivity index (χ1) is 11.6. The molecule has 4 heteroatoms. The van der Waals surface area contributed by atoms with Crippen molar-refractivity contribution >= 4 is 6.03 Å². The Hall–Kier alpha value is -2.49. The molecular weight excluding hydrogens is 300 g/mol. The molecule has 0 aliphatic carbocycles. The second kappa shape index (κ2) is 8.96. The minimum Gasteiger partial charge on any atom is -0.496 e. The Balaban J connectivity index is 1.81. The van der Waals surface area contributed by atoms with E-state index in [1.807, 2.05) is 56.3 Å². The van der Waals surface area contributed by atoms with Crippen LogP contribution in [0, 0.1) is 0 Å². The molecule has 2 aromatic rings. The number of nitrogens with one attached hydrogen (secondary N) is 2. The zero-order valence-corrected chi connectivity index (χ0v) is 14.6. The Morgan fingerprint density at radius 1 is 1.00 bits per heavy atom. The van der Waals surface area contributed by atoms with Gasteiger partial charge in [0.15, 0.2) is 0 Å². The van der Waals surface area contributed by atoms with Gasteiger partial charge in [0.05, 0.1) is 13.2 Å². The van der Waals surface area contributed by atoms with Gasteiger partial charge >= 0.3 is 6.03 Å². The second-order valence-corrected chi connectivity index (χ2v) is 6.01. The van der Waals surface area contributed by atoms with Gasteiger partial charge in [0.2, 0.25) is 0 Å². The Kier molecular flexibility index (Phi) is 6.67. The van der Waals surface area contributed by atoms with Crippen LogP contribution in [0.4, 0.5) is 4.79 Å². The van der Waals surface area contributed by atoms with Crippen LogP contribution in [-0.2, 0) is 6.42 Å². The number of amides is 2. The smallest absolute Gasteiger partial charge is 0.315 e. The number of hydrogen-bond acceptors (Lipinski definition) is 2. The van der Waals surface area contributed by atoms with Crippen LogP contribution < -0.4 is 15.4 Å². The van der Waals surface area contributed by atoms with Crippen LogP contribution in [0.2, 0.25) is 0 Å². The summed E-state index contributed by atoms with van der Waals surface area (Å²) in [7, 11) is 1.64. The van der Waals surface area contributed by atoms with Crippen LogP contribution >= 0.6 is 0 Å². The highest BCUT2D eigenvalue weighted by molar-refractivity contribution is 5.74. The number of hydrogen-bond donors (Lipinski definition) is 2. The largest absolute Gasteiger partial charge is 0.496 e. The number of benzene rings is 2. The van der Waals surface area contributed by atoms with Gasteiger partial charge in [-0.3, -0.25) is 0 Å². The third-order valence-electron chi connectivity index (χ3n) is 4.04. The van der Waals surface area contributed by atoms with Gasteiger partial charge in [0, 0.05) is 11.6 Å². The predicted octanol–water partition coefficient (Wildman–Crippen LogP) is 4.08. The Morgan fingerprint density at radius 2 is 1.67 bits per heavy atom. The van der Waals surface area contributed by atoms with E-state index in [0.29, 0.717) is 0 Å². The van der Waals surface area contributed by atoms with E-state index in [1.165, 1.54) is 5.56 Å². The van der Waals surface area contributed by atoms with E-state index in [4.69, 9.17) is 4.74 Å². The van der Waals surface area contributed by atoms with E-state index in [1.54, 1.807) is 7.11 Å². The van der Waals surface area contributed by atoms with E-state index < -0.39 is 0 Å². The summed E-state index contributed by atoms with van der Waals surface area (Å²) in [6.07, 6.45) is 1.85. The van der Waals surface area contributed by atoms with Crippen molar-refractivity contribution < 1.29 is 9.53 Å². The lowest BCUT2D eigenvalue weighted by Gasteiger charge is -2.20. The maximum atomic E-state index is 12.2. The maximum absolute atomic E-state index is 12.2. The second-order valence-electron chi connectivity index (χ2n) is 6.01. The van der Waals surface area contributed by atoms with E-state index in [-0.39, 0.29) is 18.1 Å². The summed E-state index contributed by atoms with van der Waals surface area (Å²) in [6, 6.07) is 17.8. The lowest BCUT2D eigenvalue weighted by atomic mass is 10.1. The van der Waals surface area contributed by atoms with Crippen molar-refractivity contribution in [2.24, 2.45) is 0 Å². The third-order valence-corrected chi connectivity index (χ3v) is 4.04. The lowest BCUT2D eigenvalue weighted by Crippen LogP contribution is -2.42. The van der Waals surface area contributed by atoms with E-state index in [2.05, 4.69) is 22.8 Å². The van der Waals surface area contributed by atoms with Crippen molar-refractivity contribution in [1.82, 2.24) is 10.6 Å². The van der Waals surface area contributed by atoms with Crippen LogP contribution in [0.1, 0.15) is 37.4 Å². The number of para-hydroxylation sites is 1. The number of urea groups is 1. The minimum absolute atomic E-state index is 0.107. The van der Waals surface area contributed by atoms with Gasteiger partial charge in [-0.25, -0.2) is 4.79 Å². The Labute approximate surface area is 144 Å². The summed E-state index contributed by atoms with van der Waals surface area (Å²) in [4.78, 5) is 12.2. The summed E-state index contributed by atoms with van der Waals surface area (Å²) in [6.45, 7) is 3.97. The molecule has 0 aliphatic rings. The van der Waals surface area contributed by atoms with Gasteiger partial charge < -0.3 is 15.4 Å². The summed E-state index contributed by atoms with van der Waals surface area (Å²) < 4.78 is 5.34. The summed E-state index contributed by atoms with van der Waals surface area (Å²) in [5.41, 5.74) is 2.25. The van der Waals surface area contributed by atoms with Gasteiger partial charge in [-0.1, -0.05) is 48.5 Å². The summed E-state index contributed by atoms with van der Waals surface area (Å²) in [5, 5.41) is 5.97. The van der Waals surface area contributed by atoms with Crippen molar-refractivity contribution in [3.63, 3.8) is 0 Å². The molecule has 2 amide bonds. The molecule has 2 rings (SSSR count). The van der Waals surface area contributed by atoms with Crippen molar-refractivity contribution in [2.75, 3.05) is 7.11 Å².